The second-order valence-corrected chi connectivity index (χ2v) is 3.83. The molecule has 0 atom stereocenters. The highest BCUT2D eigenvalue weighted by Gasteiger charge is 2.08. The molecule has 1 radical (unpaired) electrons. The summed E-state index contributed by atoms with van der Waals surface area (Å²) in [6.45, 7) is 0. The van der Waals surface area contributed by atoms with Crippen LogP contribution in [0.3, 0.4) is 0 Å². The molecule has 0 saturated carbocycles. The van der Waals surface area contributed by atoms with Crippen molar-refractivity contribution >= 4 is 27.8 Å². The van der Waals surface area contributed by atoms with Crippen LogP contribution in [0.15, 0.2) is 42.5 Å². The van der Waals surface area contributed by atoms with Crippen LogP contribution in [0.5, 0.6) is 0 Å². The van der Waals surface area contributed by atoms with Gasteiger partial charge in [0, 0.05) is 0 Å². The summed E-state index contributed by atoms with van der Waals surface area (Å²) in [6, 6.07) is 17.1. The largest absolute Gasteiger partial charge is 0.323 e. The van der Waals surface area contributed by atoms with Crippen LogP contribution >= 0.6 is 0 Å². The molecule has 2 heterocycles. The lowest BCUT2D eigenvalue weighted by Gasteiger charge is -1.92. The number of nitrogens with zero attached hydrogens (tertiary/aromatic N) is 2. The molecule has 16 heavy (non-hydrogen) atoms. The van der Waals surface area contributed by atoms with E-state index in [9.17, 15) is 0 Å². The lowest BCUT2D eigenvalue weighted by molar-refractivity contribution is 1.28. The number of hydrogen-bond donors (Lipinski definition) is 1. The SMILES string of the molecule is [c]1ccc2[nH]c3nc4ccccc4n3c2c1. The summed E-state index contributed by atoms with van der Waals surface area (Å²) in [5.74, 6) is 0.885. The van der Waals surface area contributed by atoms with Crippen LogP contribution in [-0.2, 0) is 0 Å². The molecule has 3 nitrogen and oxygen atoms in total. The van der Waals surface area contributed by atoms with Gasteiger partial charge >= 0.3 is 0 Å². The maximum absolute atomic E-state index is 4.55. The van der Waals surface area contributed by atoms with E-state index in [-0.39, 0.29) is 0 Å². The van der Waals surface area contributed by atoms with E-state index in [2.05, 4.69) is 26.5 Å². The van der Waals surface area contributed by atoms with Crippen LogP contribution in [0.2, 0.25) is 0 Å². The van der Waals surface area contributed by atoms with E-state index in [0.717, 1.165) is 27.8 Å². The van der Waals surface area contributed by atoms with Gasteiger partial charge in [-0.15, -0.1) is 0 Å². The van der Waals surface area contributed by atoms with Gasteiger partial charge in [-0.2, -0.15) is 0 Å². The quantitative estimate of drug-likeness (QED) is 0.471. The number of rotatable bonds is 0. The molecule has 0 aliphatic heterocycles. The van der Waals surface area contributed by atoms with Gasteiger partial charge in [0.2, 0.25) is 5.78 Å². The van der Waals surface area contributed by atoms with Gasteiger partial charge in [0.15, 0.2) is 0 Å². The van der Waals surface area contributed by atoms with Crippen molar-refractivity contribution < 1.29 is 0 Å². The van der Waals surface area contributed by atoms with Crippen molar-refractivity contribution in [3.8, 4) is 0 Å². The van der Waals surface area contributed by atoms with Gasteiger partial charge in [0.25, 0.3) is 0 Å². The standard InChI is InChI=1S/C13H8N3/c1-3-7-11-9(5-1)14-13-15-10-6-2-4-8-12(10)16(11)13/h1-3,5-8H,(H,14,15). The Kier molecular flexibility index (Phi) is 1.31. The minimum absolute atomic E-state index is 0.885. The van der Waals surface area contributed by atoms with Gasteiger partial charge in [-0.3, -0.25) is 4.40 Å². The predicted molar refractivity (Wildman–Crippen MR) is 63.4 cm³/mol. The molecule has 75 valence electrons. The zero-order chi connectivity index (χ0) is 10.5. The van der Waals surface area contributed by atoms with Gasteiger partial charge in [0.1, 0.15) is 0 Å². The van der Waals surface area contributed by atoms with E-state index in [4.69, 9.17) is 0 Å². The van der Waals surface area contributed by atoms with Gasteiger partial charge in [-0.25, -0.2) is 4.98 Å². The van der Waals surface area contributed by atoms with Crippen LogP contribution in [0.25, 0.3) is 27.8 Å². The second kappa shape index (κ2) is 2.64. The molecular weight excluding hydrogens is 198 g/mol. The molecule has 0 aliphatic carbocycles. The third-order valence-electron chi connectivity index (χ3n) is 2.89. The number of para-hydroxylation sites is 2. The molecule has 2 aromatic carbocycles. The molecule has 0 aliphatic rings. The zero-order valence-corrected chi connectivity index (χ0v) is 8.44. The summed E-state index contributed by atoms with van der Waals surface area (Å²) in [7, 11) is 0. The Hall–Kier alpha value is -2.29. The molecule has 2 aromatic heterocycles. The highest BCUT2D eigenvalue weighted by atomic mass is 15.1. The first-order valence-corrected chi connectivity index (χ1v) is 5.18. The van der Waals surface area contributed by atoms with E-state index < -0.39 is 0 Å². The van der Waals surface area contributed by atoms with Crippen molar-refractivity contribution in [2.75, 3.05) is 0 Å². The molecule has 0 unspecified atom stereocenters. The monoisotopic (exact) mass is 206 g/mol. The minimum atomic E-state index is 0.885. The minimum Gasteiger partial charge on any atom is -0.323 e. The maximum atomic E-state index is 4.55. The van der Waals surface area contributed by atoms with Gasteiger partial charge in [-0.1, -0.05) is 18.2 Å². The molecule has 0 fully saturated rings. The van der Waals surface area contributed by atoms with Crippen molar-refractivity contribution in [3.63, 3.8) is 0 Å². The van der Waals surface area contributed by atoms with Crippen molar-refractivity contribution in [1.29, 1.82) is 0 Å². The third-order valence-corrected chi connectivity index (χ3v) is 2.89. The summed E-state index contributed by atoms with van der Waals surface area (Å²) in [5, 5.41) is 0. The zero-order valence-electron chi connectivity index (χ0n) is 8.44. The summed E-state index contributed by atoms with van der Waals surface area (Å²) in [4.78, 5) is 7.85. The average molecular weight is 206 g/mol. The Morgan fingerprint density at radius 3 is 3.06 bits per heavy atom. The van der Waals surface area contributed by atoms with Crippen LogP contribution in [0.4, 0.5) is 0 Å². The number of nitrogens with one attached hydrogen (secondary N) is 1. The van der Waals surface area contributed by atoms with Gasteiger partial charge in [-0.05, 0) is 30.3 Å². The Labute approximate surface area is 91.3 Å². The van der Waals surface area contributed by atoms with Crippen LogP contribution in [0.1, 0.15) is 0 Å². The summed E-state index contributed by atoms with van der Waals surface area (Å²) in [5.41, 5.74) is 4.35. The Morgan fingerprint density at radius 1 is 1.12 bits per heavy atom. The summed E-state index contributed by atoms with van der Waals surface area (Å²) < 4.78 is 2.13. The lowest BCUT2D eigenvalue weighted by atomic mass is 10.3. The highest BCUT2D eigenvalue weighted by molar-refractivity contribution is 5.89. The van der Waals surface area contributed by atoms with Crippen molar-refractivity contribution in [3.05, 3.63) is 48.5 Å². The molecular formula is C13H8N3. The van der Waals surface area contributed by atoms with E-state index in [1.807, 2.05) is 36.4 Å². The summed E-state index contributed by atoms with van der Waals surface area (Å²) in [6.07, 6.45) is 0. The highest BCUT2D eigenvalue weighted by Crippen LogP contribution is 2.22. The number of aromatic amines is 1. The summed E-state index contributed by atoms with van der Waals surface area (Å²) >= 11 is 0. The fraction of sp³-hybridized carbons (Fsp3) is 0. The van der Waals surface area contributed by atoms with E-state index in [0.29, 0.717) is 0 Å². The first-order chi connectivity index (χ1) is 7.93. The van der Waals surface area contributed by atoms with Crippen LogP contribution < -0.4 is 0 Å². The maximum Gasteiger partial charge on any atom is 0.213 e. The van der Waals surface area contributed by atoms with Crippen molar-refractivity contribution in [2.24, 2.45) is 0 Å². The second-order valence-electron chi connectivity index (χ2n) is 3.83. The molecule has 0 spiro atoms. The fourth-order valence-corrected chi connectivity index (χ4v) is 2.19. The Bertz CT molecular complexity index is 742. The normalized spacial score (nSPS) is 11.8. The first kappa shape index (κ1) is 7.93. The number of imidazole rings is 2. The molecule has 4 aromatic rings. The Morgan fingerprint density at radius 2 is 2.06 bits per heavy atom. The van der Waals surface area contributed by atoms with E-state index in [1.165, 1.54) is 0 Å². The van der Waals surface area contributed by atoms with E-state index in [1.54, 1.807) is 0 Å². The van der Waals surface area contributed by atoms with Crippen LogP contribution in [0, 0.1) is 6.07 Å². The van der Waals surface area contributed by atoms with Crippen LogP contribution in [-0.4, -0.2) is 14.4 Å². The smallest absolute Gasteiger partial charge is 0.213 e. The average Bonchev–Trinajstić information content (AvgIpc) is 2.83. The molecule has 3 heteroatoms. The molecule has 4 rings (SSSR count). The predicted octanol–water partition coefficient (Wildman–Crippen LogP) is 2.77. The van der Waals surface area contributed by atoms with Gasteiger partial charge < -0.3 is 4.98 Å². The van der Waals surface area contributed by atoms with Crippen molar-refractivity contribution in [2.45, 2.75) is 0 Å². The van der Waals surface area contributed by atoms with Crippen molar-refractivity contribution in [1.82, 2.24) is 14.4 Å². The molecule has 0 saturated heterocycles. The fourth-order valence-electron chi connectivity index (χ4n) is 2.19. The third kappa shape index (κ3) is 0.852. The molecule has 1 N–H and O–H groups in total. The number of fused-ring (bicyclic) bond motifs is 5. The number of hydrogen-bond acceptors (Lipinski definition) is 1. The van der Waals surface area contributed by atoms with Gasteiger partial charge in [0.05, 0.1) is 22.1 Å². The number of aromatic nitrogens is 3. The number of benzene rings is 2. The molecule has 0 bridgehead atoms. The first-order valence-electron chi connectivity index (χ1n) is 5.18. The Balaban J connectivity index is 2.38. The lowest BCUT2D eigenvalue weighted by Crippen LogP contribution is -1.78. The van der Waals surface area contributed by atoms with E-state index >= 15 is 0 Å². The topological polar surface area (TPSA) is 33.1 Å². The number of H-pyrrole nitrogens is 1. The molecule has 0 amide bonds.